The molecule has 0 aromatic carbocycles. The number of likely N-dealkylation sites (tertiary alicyclic amines) is 1. The van der Waals surface area contributed by atoms with Gasteiger partial charge in [-0.15, -0.1) is 0 Å². The summed E-state index contributed by atoms with van der Waals surface area (Å²) in [7, 11) is 0. The molecule has 2 aromatic heterocycles. The number of amides is 1. The van der Waals surface area contributed by atoms with E-state index in [1.54, 1.807) is 23.4 Å². The van der Waals surface area contributed by atoms with Gasteiger partial charge in [0.25, 0.3) is 0 Å². The number of ether oxygens (including phenoxy) is 1. The monoisotopic (exact) mass is 435 g/mol. The first-order valence-corrected chi connectivity index (χ1v) is 10.4. The van der Waals surface area contributed by atoms with Gasteiger partial charge >= 0.3 is 6.18 Å². The van der Waals surface area contributed by atoms with E-state index in [0.717, 1.165) is 37.9 Å². The van der Waals surface area contributed by atoms with Crippen molar-refractivity contribution in [3.05, 3.63) is 53.6 Å². The number of carbonyl (C=O) groups excluding carboxylic acids is 1. The lowest BCUT2D eigenvalue weighted by Gasteiger charge is -2.39. The molecule has 2 aliphatic rings. The Morgan fingerprint density at radius 3 is 2.68 bits per heavy atom. The molecule has 1 amide bonds. The third-order valence-electron chi connectivity index (χ3n) is 5.65. The van der Waals surface area contributed by atoms with Crippen LogP contribution in [0.5, 0.6) is 5.75 Å². The predicted octanol–water partition coefficient (Wildman–Crippen LogP) is 3.69. The summed E-state index contributed by atoms with van der Waals surface area (Å²) >= 11 is 0. The summed E-state index contributed by atoms with van der Waals surface area (Å²) in [6.07, 6.45) is 3.11. The highest BCUT2D eigenvalue weighted by atomic mass is 19.4. The van der Waals surface area contributed by atoms with Crippen LogP contribution in [0.2, 0.25) is 0 Å². The van der Waals surface area contributed by atoms with Crippen molar-refractivity contribution in [1.29, 1.82) is 0 Å². The number of aliphatic hydroxyl groups is 1. The largest absolute Gasteiger partial charge is 0.490 e. The summed E-state index contributed by atoms with van der Waals surface area (Å²) in [6.45, 7) is 0.480. The second-order valence-corrected chi connectivity index (χ2v) is 8.05. The Morgan fingerprint density at radius 2 is 2.00 bits per heavy atom. The summed E-state index contributed by atoms with van der Waals surface area (Å²) in [5.74, 6) is 0.328. The molecule has 9 heteroatoms. The van der Waals surface area contributed by atoms with E-state index in [1.165, 1.54) is 6.07 Å². The molecule has 166 valence electrons. The van der Waals surface area contributed by atoms with E-state index in [9.17, 15) is 23.1 Å². The predicted molar refractivity (Wildman–Crippen MR) is 105 cm³/mol. The Morgan fingerprint density at radius 1 is 1.19 bits per heavy atom. The number of pyridine rings is 2. The molecule has 1 aliphatic heterocycles. The molecular formula is C22H24F3N3O3. The number of alkyl halides is 3. The highest BCUT2D eigenvalue weighted by Crippen LogP contribution is 2.36. The fourth-order valence-corrected chi connectivity index (χ4v) is 3.86. The fourth-order valence-electron chi connectivity index (χ4n) is 3.86. The van der Waals surface area contributed by atoms with Crippen molar-refractivity contribution >= 4 is 5.91 Å². The molecule has 1 saturated heterocycles. The van der Waals surface area contributed by atoms with E-state index < -0.39 is 24.0 Å². The van der Waals surface area contributed by atoms with Gasteiger partial charge in [-0.05, 0) is 49.8 Å². The van der Waals surface area contributed by atoms with Crippen molar-refractivity contribution < 1.29 is 27.8 Å². The Labute approximate surface area is 178 Å². The molecule has 2 atom stereocenters. The van der Waals surface area contributed by atoms with Gasteiger partial charge in [0.1, 0.15) is 17.5 Å². The molecule has 2 fully saturated rings. The van der Waals surface area contributed by atoms with E-state index >= 15 is 0 Å². The number of aromatic nitrogens is 2. The van der Waals surface area contributed by atoms with Crippen LogP contribution >= 0.6 is 0 Å². The van der Waals surface area contributed by atoms with Crippen LogP contribution in [0.15, 0.2) is 36.8 Å². The normalized spacial score (nSPS) is 20.4. The van der Waals surface area contributed by atoms with Gasteiger partial charge < -0.3 is 14.7 Å². The Balaban J connectivity index is 1.49. The number of piperidine rings is 1. The van der Waals surface area contributed by atoms with Crippen LogP contribution in [0.25, 0.3) is 0 Å². The molecule has 1 aliphatic carbocycles. The number of carbonyl (C=O) groups is 1. The van der Waals surface area contributed by atoms with Crippen molar-refractivity contribution in [3.63, 3.8) is 0 Å². The zero-order chi connectivity index (χ0) is 22.0. The van der Waals surface area contributed by atoms with Gasteiger partial charge in [0.2, 0.25) is 5.91 Å². The Bertz CT molecular complexity index is 916. The molecular weight excluding hydrogens is 411 g/mol. The number of rotatable bonds is 6. The first-order valence-electron chi connectivity index (χ1n) is 10.4. The van der Waals surface area contributed by atoms with Gasteiger partial charge in [0, 0.05) is 30.7 Å². The topological polar surface area (TPSA) is 75.6 Å². The number of nitrogens with zero attached hydrogens (tertiary/aromatic N) is 3. The standard InChI is InChI=1S/C22H24F3N3O3/c23-22(24,25)19-7-4-14(12-27-19)11-20(29)28-10-2-1-3-17(28)21(30)16-13-26-9-8-18(16)31-15-5-6-15/h4,7-9,12-13,15,17,21,30H,1-3,5-6,10-11H2/t17-,21?/m0/s1. The van der Waals surface area contributed by atoms with E-state index in [2.05, 4.69) is 9.97 Å². The lowest BCUT2D eigenvalue weighted by molar-refractivity contribution is -0.141. The van der Waals surface area contributed by atoms with Crippen LogP contribution < -0.4 is 4.74 Å². The maximum absolute atomic E-state index is 13.0. The van der Waals surface area contributed by atoms with Crippen molar-refractivity contribution in [2.75, 3.05) is 6.54 Å². The Kier molecular flexibility index (Phi) is 6.13. The van der Waals surface area contributed by atoms with E-state index in [0.29, 0.717) is 29.8 Å². The van der Waals surface area contributed by atoms with E-state index in [-0.39, 0.29) is 18.4 Å². The minimum absolute atomic E-state index is 0.0766. The Hall–Kier alpha value is -2.68. The summed E-state index contributed by atoms with van der Waals surface area (Å²) in [4.78, 5) is 22.1. The molecule has 0 bridgehead atoms. The molecule has 31 heavy (non-hydrogen) atoms. The number of hydrogen-bond donors (Lipinski definition) is 1. The zero-order valence-corrected chi connectivity index (χ0v) is 16.9. The zero-order valence-electron chi connectivity index (χ0n) is 16.9. The summed E-state index contributed by atoms with van der Waals surface area (Å²) in [5.41, 5.74) is -0.0408. The highest BCUT2D eigenvalue weighted by molar-refractivity contribution is 5.79. The molecule has 1 unspecified atom stereocenters. The molecule has 4 rings (SSSR count). The van der Waals surface area contributed by atoms with Crippen molar-refractivity contribution in [2.45, 2.75) is 63.0 Å². The molecule has 3 heterocycles. The van der Waals surface area contributed by atoms with Gasteiger partial charge in [-0.2, -0.15) is 13.2 Å². The minimum Gasteiger partial charge on any atom is -0.490 e. The lowest BCUT2D eigenvalue weighted by Crippen LogP contribution is -2.47. The average molecular weight is 435 g/mol. The third kappa shape index (κ3) is 5.15. The van der Waals surface area contributed by atoms with Gasteiger partial charge in [-0.1, -0.05) is 6.07 Å². The van der Waals surface area contributed by atoms with Crippen LogP contribution in [0.3, 0.4) is 0 Å². The molecule has 1 N–H and O–H groups in total. The quantitative estimate of drug-likeness (QED) is 0.749. The average Bonchev–Trinajstić information content (AvgIpc) is 3.57. The SMILES string of the molecule is O=C(Cc1ccc(C(F)(F)F)nc1)N1CCCC[C@H]1C(O)c1cnccc1OC1CC1. The van der Waals surface area contributed by atoms with Crippen LogP contribution in [-0.2, 0) is 17.4 Å². The van der Waals surface area contributed by atoms with E-state index in [4.69, 9.17) is 4.74 Å². The molecule has 2 aromatic rings. The first-order chi connectivity index (χ1) is 14.8. The maximum atomic E-state index is 13.0. The van der Waals surface area contributed by atoms with Gasteiger partial charge in [-0.3, -0.25) is 14.8 Å². The van der Waals surface area contributed by atoms with Crippen LogP contribution in [0.4, 0.5) is 13.2 Å². The lowest BCUT2D eigenvalue weighted by atomic mass is 9.92. The smallest absolute Gasteiger partial charge is 0.433 e. The third-order valence-corrected chi connectivity index (χ3v) is 5.65. The van der Waals surface area contributed by atoms with Crippen LogP contribution in [0.1, 0.15) is 55.0 Å². The fraction of sp³-hybridized carbons (Fsp3) is 0.500. The van der Waals surface area contributed by atoms with Crippen LogP contribution in [-0.4, -0.2) is 44.6 Å². The van der Waals surface area contributed by atoms with Gasteiger partial charge in [0.15, 0.2) is 0 Å². The van der Waals surface area contributed by atoms with Crippen molar-refractivity contribution in [2.24, 2.45) is 0 Å². The van der Waals surface area contributed by atoms with Crippen molar-refractivity contribution in [3.8, 4) is 5.75 Å². The highest BCUT2D eigenvalue weighted by Gasteiger charge is 2.36. The van der Waals surface area contributed by atoms with Crippen molar-refractivity contribution in [1.82, 2.24) is 14.9 Å². The summed E-state index contributed by atoms with van der Waals surface area (Å²) < 4.78 is 44.0. The number of aliphatic hydroxyl groups excluding tert-OH is 1. The number of hydrogen-bond acceptors (Lipinski definition) is 5. The number of halogens is 3. The van der Waals surface area contributed by atoms with Gasteiger partial charge in [0.05, 0.1) is 18.6 Å². The summed E-state index contributed by atoms with van der Waals surface area (Å²) in [6, 6.07) is 3.42. The molecule has 0 spiro atoms. The molecule has 1 saturated carbocycles. The first kappa shape index (κ1) is 21.5. The second kappa shape index (κ2) is 8.82. The van der Waals surface area contributed by atoms with Gasteiger partial charge in [-0.25, -0.2) is 0 Å². The second-order valence-electron chi connectivity index (χ2n) is 8.05. The molecule has 6 nitrogen and oxygen atoms in total. The minimum atomic E-state index is -4.52. The maximum Gasteiger partial charge on any atom is 0.433 e. The van der Waals surface area contributed by atoms with Crippen LogP contribution in [0, 0.1) is 0 Å². The molecule has 0 radical (unpaired) electrons. The van der Waals surface area contributed by atoms with E-state index in [1.807, 2.05) is 0 Å². The summed E-state index contributed by atoms with van der Waals surface area (Å²) in [5, 5.41) is 11.1.